The summed E-state index contributed by atoms with van der Waals surface area (Å²) in [7, 11) is 0. The maximum absolute atomic E-state index is 11.3. The van der Waals surface area contributed by atoms with Crippen LogP contribution in [0.4, 0.5) is 0 Å². The Balaban J connectivity index is 2.16. The van der Waals surface area contributed by atoms with Gasteiger partial charge in [0.25, 0.3) is 0 Å². The van der Waals surface area contributed by atoms with E-state index in [2.05, 4.69) is 23.0 Å². The van der Waals surface area contributed by atoms with E-state index in [4.69, 9.17) is 0 Å². The molecule has 0 bridgehead atoms. The van der Waals surface area contributed by atoms with Crippen LogP contribution in [-0.4, -0.2) is 15.8 Å². The molecule has 0 amide bonds. The smallest absolute Gasteiger partial charge is 0.178 e. The van der Waals surface area contributed by atoms with Gasteiger partial charge in [-0.25, -0.2) is 9.97 Å². The summed E-state index contributed by atoms with van der Waals surface area (Å²) >= 11 is 1.45. The van der Waals surface area contributed by atoms with Crippen molar-refractivity contribution in [1.29, 1.82) is 0 Å². The number of thiazole rings is 1. The zero-order chi connectivity index (χ0) is 13.4. The molecule has 2 aromatic heterocycles. The number of rotatable bonds is 2. The average Bonchev–Trinajstić information content (AvgIpc) is 2.88. The van der Waals surface area contributed by atoms with E-state index in [1.807, 2.05) is 24.3 Å². The molecule has 0 spiro atoms. The summed E-state index contributed by atoms with van der Waals surface area (Å²) in [6.45, 7) is 3.59. The van der Waals surface area contributed by atoms with Gasteiger partial charge in [0.2, 0.25) is 0 Å². The normalized spacial score (nSPS) is 10.8. The lowest BCUT2D eigenvalue weighted by molar-refractivity contribution is 0.101. The zero-order valence-corrected chi connectivity index (χ0v) is 11.5. The van der Waals surface area contributed by atoms with Gasteiger partial charge in [-0.15, -0.1) is 11.3 Å². The molecule has 0 atom stereocenters. The van der Waals surface area contributed by atoms with Gasteiger partial charge in [-0.2, -0.15) is 0 Å². The molecule has 0 aliphatic heterocycles. The maximum atomic E-state index is 11.3. The molecule has 0 unspecified atom stereocenters. The molecule has 94 valence electrons. The molecule has 0 saturated carbocycles. The Morgan fingerprint density at radius 3 is 2.74 bits per heavy atom. The fraction of sp³-hybridized carbons (Fsp3) is 0.133. The van der Waals surface area contributed by atoms with E-state index in [-0.39, 0.29) is 5.78 Å². The number of ketones is 1. The summed E-state index contributed by atoms with van der Waals surface area (Å²) in [6.07, 6.45) is 0. The number of Topliss-reactive ketones (excluding diaryl/α,β-unsaturated/α-hetero) is 1. The number of pyridine rings is 1. The number of para-hydroxylation sites is 1. The third kappa shape index (κ3) is 2.15. The molecule has 2 heterocycles. The van der Waals surface area contributed by atoms with Crippen LogP contribution in [0, 0.1) is 6.92 Å². The van der Waals surface area contributed by atoms with Gasteiger partial charge in [0.1, 0.15) is 10.7 Å². The van der Waals surface area contributed by atoms with E-state index in [1.54, 1.807) is 5.38 Å². The molecule has 1 aromatic carbocycles. The molecule has 19 heavy (non-hydrogen) atoms. The van der Waals surface area contributed by atoms with Gasteiger partial charge in [-0.1, -0.05) is 18.2 Å². The highest BCUT2D eigenvalue weighted by atomic mass is 32.1. The monoisotopic (exact) mass is 268 g/mol. The van der Waals surface area contributed by atoms with Crippen LogP contribution in [-0.2, 0) is 0 Å². The Morgan fingerprint density at radius 2 is 2.00 bits per heavy atom. The number of carbonyl (C=O) groups is 1. The molecule has 3 rings (SSSR count). The van der Waals surface area contributed by atoms with E-state index < -0.39 is 0 Å². The standard InChI is InChI=1S/C15H12N2OS/c1-9-7-13(15-17-14(8-19-15)10(2)18)16-12-6-4-3-5-11(9)12/h3-8H,1-2H3. The first-order chi connectivity index (χ1) is 9.15. The maximum Gasteiger partial charge on any atom is 0.178 e. The van der Waals surface area contributed by atoms with Crippen molar-refractivity contribution in [2.24, 2.45) is 0 Å². The van der Waals surface area contributed by atoms with Crippen molar-refractivity contribution in [1.82, 2.24) is 9.97 Å². The van der Waals surface area contributed by atoms with Crippen LogP contribution in [0.2, 0.25) is 0 Å². The second-order valence-electron chi connectivity index (χ2n) is 4.44. The highest BCUT2D eigenvalue weighted by molar-refractivity contribution is 7.13. The van der Waals surface area contributed by atoms with Crippen LogP contribution in [0.15, 0.2) is 35.7 Å². The second-order valence-corrected chi connectivity index (χ2v) is 5.29. The first-order valence-electron chi connectivity index (χ1n) is 5.98. The predicted octanol–water partition coefficient (Wildman–Crippen LogP) is 3.87. The van der Waals surface area contributed by atoms with E-state index in [9.17, 15) is 4.79 Å². The van der Waals surface area contributed by atoms with Gasteiger partial charge in [0.05, 0.1) is 11.2 Å². The fourth-order valence-electron chi connectivity index (χ4n) is 2.01. The van der Waals surface area contributed by atoms with Crippen molar-refractivity contribution in [2.45, 2.75) is 13.8 Å². The molecule has 0 N–H and O–H groups in total. The summed E-state index contributed by atoms with van der Waals surface area (Å²) in [5.41, 5.74) is 3.46. The predicted molar refractivity (Wildman–Crippen MR) is 77.6 cm³/mol. The molecular weight excluding hydrogens is 256 g/mol. The number of benzene rings is 1. The molecule has 4 heteroatoms. The number of aryl methyl sites for hydroxylation is 1. The third-order valence-corrected chi connectivity index (χ3v) is 3.87. The van der Waals surface area contributed by atoms with Crippen molar-refractivity contribution in [3.8, 4) is 10.7 Å². The highest BCUT2D eigenvalue weighted by Gasteiger charge is 2.10. The van der Waals surface area contributed by atoms with Gasteiger partial charge in [0, 0.05) is 17.7 Å². The summed E-state index contributed by atoms with van der Waals surface area (Å²) in [6, 6.07) is 10.1. The van der Waals surface area contributed by atoms with Gasteiger partial charge < -0.3 is 0 Å². The number of hydrogen-bond acceptors (Lipinski definition) is 4. The highest BCUT2D eigenvalue weighted by Crippen LogP contribution is 2.26. The Labute approximate surface area is 115 Å². The molecule has 0 radical (unpaired) electrons. The van der Waals surface area contributed by atoms with Crippen molar-refractivity contribution in [3.63, 3.8) is 0 Å². The van der Waals surface area contributed by atoms with Crippen LogP contribution in [0.5, 0.6) is 0 Å². The Kier molecular flexibility index (Phi) is 2.87. The lowest BCUT2D eigenvalue weighted by Crippen LogP contribution is -1.92. The van der Waals surface area contributed by atoms with Crippen LogP contribution in [0.1, 0.15) is 23.0 Å². The Bertz CT molecular complexity index is 777. The summed E-state index contributed by atoms with van der Waals surface area (Å²) in [5, 5.41) is 3.72. The fourth-order valence-corrected chi connectivity index (χ4v) is 2.83. The van der Waals surface area contributed by atoms with Crippen LogP contribution < -0.4 is 0 Å². The topological polar surface area (TPSA) is 42.9 Å². The third-order valence-electron chi connectivity index (χ3n) is 3.01. The molecule has 0 aliphatic rings. The van der Waals surface area contributed by atoms with Gasteiger partial charge in [-0.05, 0) is 24.6 Å². The summed E-state index contributed by atoms with van der Waals surface area (Å²) in [5.74, 6) is -0.0139. The molecule has 0 fully saturated rings. The Hall–Kier alpha value is -2.07. The molecule has 0 aliphatic carbocycles. The van der Waals surface area contributed by atoms with Gasteiger partial charge in [-0.3, -0.25) is 4.79 Å². The number of carbonyl (C=O) groups excluding carboxylic acids is 1. The molecule has 3 nitrogen and oxygen atoms in total. The second kappa shape index (κ2) is 4.55. The summed E-state index contributed by atoms with van der Waals surface area (Å²) in [4.78, 5) is 20.2. The van der Waals surface area contributed by atoms with Crippen LogP contribution in [0.3, 0.4) is 0 Å². The largest absolute Gasteiger partial charge is 0.293 e. The van der Waals surface area contributed by atoms with Crippen LogP contribution >= 0.6 is 11.3 Å². The minimum Gasteiger partial charge on any atom is -0.293 e. The molecule has 3 aromatic rings. The molecular formula is C15H12N2OS. The van der Waals surface area contributed by atoms with E-state index >= 15 is 0 Å². The van der Waals surface area contributed by atoms with Crippen molar-refractivity contribution in [3.05, 3.63) is 47.0 Å². The van der Waals surface area contributed by atoms with E-state index in [0.717, 1.165) is 21.6 Å². The zero-order valence-electron chi connectivity index (χ0n) is 10.7. The SMILES string of the molecule is CC(=O)c1csc(-c2cc(C)c3ccccc3n2)n1. The first-order valence-corrected chi connectivity index (χ1v) is 6.86. The number of hydrogen-bond donors (Lipinski definition) is 0. The van der Waals surface area contributed by atoms with E-state index in [1.165, 1.54) is 23.8 Å². The van der Waals surface area contributed by atoms with Crippen molar-refractivity contribution in [2.75, 3.05) is 0 Å². The van der Waals surface area contributed by atoms with Gasteiger partial charge in [0.15, 0.2) is 5.78 Å². The van der Waals surface area contributed by atoms with Gasteiger partial charge >= 0.3 is 0 Å². The number of nitrogens with zero attached hydrogens (tertiary/aromatic N) is 2. The average molecular weight is 268 g/mol. The first kappa shape index (κ1) is 12.0. The van der Waals surface area contributed by atoms with Crippen LogP contribution in [0.25, 0.3) is 21.6 Å². The Morgan fingerprint density at radius 1 is 1.21 bits per heavy atom. The van der Waals surface area contributed by atoms with Crippen molar-refractivity contribution < 1.29 is 4.79 Å². The minimum atomic E-state index is -0.0139. The number of fused-ring (bicyclic) bond motifs is 1. The van der Waals surface area contributed by atoms with Crippen molar-refractivity contribution >= 4 is 28.0 Å². The number of aromatic nitrogens is 2. The molecule has 0 saturated heterocycles. The quantitative estimate of drug-likeness (QED) is 0.663. The lowest BCUT2D eigenvalue weighted by Gasteiger charge is -2.04. The van der Waals surface area contributed by atoms with E-state index in [0.29, 0.717) is 5.69 Å². The lowest BCUT2D eigenvalue weighted by atomic mass is 10.1. The summed E-state index contributed by atoms with van der Waals surface area (Å²) < 4.78 is 0. The minimum absolute atomic E-state index is 0.0139.